The van der Waals surface area contributed by atoms with E-state index in [-0.39, 0.29) is 0 Å². The van der Waals surface area contributed by atoms with E-state index in [2.05, 4.69) is 4.98 Å². The fourth-order valence-electron chi connectivity index (χ4n) is 1.24. The lowest BCUT2D eigenvalue weighted by atomic mass is 10.4. The van der Waals surface area contributed by atoms with Crippen LogP contribution in [-0.4, -0.2) is 15.7 Å². The van der Waals surface area contributed by atoms with E-state index in [1.54, 1.807) is 17.5 Å². The zero-order valence-electron chi connectivity index (χ0n) is 6.61. The zero-order valence-corrected chi connectivity index (χ0v) is 6.61. The molecule has 0 aliphatic carbocycles. The number of imidazole rings is 1. The standard InChI is InChI=1S/C9H7N2O/c1-7-8(6-12)11-5-3-2-4-9(11)10-7/h2-5H,1H3. The topological polar surface area (TPSA) is 34.4 Å². The molecule has 0 aliphatic heterocycles. The van der Waals surface area contributed by atoms with Crippen molar-refractivity contribution in [2.45, 2.75) is 6.92 Å². The maximum atomic E-state index is 10.5. The van der Waals surface area contributed by atoms with Gasteiger partial charge >= 0.3 is 0 Å². The number of hydrogen-bond acceptors (Lipinski definition) is 2. The van der Waals surface area contributed by atoms with Crippen LogP contribution in [0.1, 0.15) is 11.4 Å². The quantitative estimate of drug-likeness (QED) is 0.624. The number of nitrogens with zero attached hydrogens (tertiary/aromatic N) is 2. The summed E-state index contributed by atoms with van der Waals surface area (Å²) in [6, 6.07) is 5.60. The molecule has 0 N–H and O–H groups in total. The first kappa shape index (κ1) is 7.03. The smallest absolute Gasteiger partial charge is 0.253 e. The lowest BCUT2D eigenvalue weighted by Crippen LogP contribution is -1.90. The third kappa shape index (κ3) is 0.830. The minimum absolute atomic E-state index is 0.505. The maximum Gasteiger partial charge on any atom is 0.253 e. The van der Waals surface area contributed by atoms with Crippen LogP contribution in [0.25, 0.3) is 5.65 Å². The Morgan fingerprint density at radius 2 is 2.33 bits per heavy atom. The highest BCUT2D eigenvalue weighted by atomic mass is 16.1. The van der Waals surface area contributed by atoms with E-state index in [9.17, 15) is 4.79 Å². The first-order valence-electron chi connectivity index (χ1n) is 3.65. The highest BCUT2D eigenvalue weighted by molar-refractivity contribution is 5.76. The van der Waals surface area contributed by atoms with Crippen molar-refractivity contribution in [1.82, 2.24) is 9.38 Å². The molecule has 2 aromatic rings. The van der Waals surface area contributed by atoms with Gasteiger partial charge in [-0.25, -0.2) is 4.98 Å². The molecule has 0 aromatic carbocycles. The fraction of sp³-hybridized carbons (Fsp3) is 0.111. The number of hydrogen-bond donors (Lipinski definition) is 0. The van der Waals surface area contributed by atoms with E-state index >= 15 is 0 Å². The molecule has 0 saturated heterocycles. The van der Waals surface area contributed by atoms with E-state index in [1.165, 1.54) is 0 Å². The first-order chi connectivity index (χ1) is 5.83. The number of aromatic nitrogens is 2. The van der Waals surface area contributed by atoms with Gasteiger partial charge in [-0.05, 0) is 19.1 Å². The Hall–Kier alpha value is -1.64. The van der Waals surface area contributed by atoms with Gasteiger partial charge in [0.1, 0.15) is 11.3 Å². The van der Waals surface area contributed by atoms with E-state index < -0.39 is 0 Å². The molecule has 2 aromatic heterocycles. The van der Waals surface area contributed by atoms with E-state index in [1.807, 2.05) is 24.5 Å². The molecule has 0 aliphatic rings. The molecule has 0 atom stereocenters. The van der Waals surface area contributed by atoms with Gasteiger partial charge in [-0.3, -0.25) is 9.20 Å². The predicted octanol–water partition coefficient (Wildman–Crippen LogP) is 1.10. The predicted molar refractivity (Wildman–Crippen MR) is 44.7 cm³/mol. The van der Waals surface area contributed by atoms with Gasteiger partial charge in [0.05, 0.1) is 5.69 Å². The van der Waals surface area contributed by atoms with Crippen molar-refractivity contribution in [2.75, 3.05) is 0 Å². The van der Waals surface area contributed by atoms with Crippen LogP contribution in [0.3, 0.4) is 0 Å². The van der Waals surface area contributed by atoms with Gasteiger partial charge in [-0.1, -0.05) is 6.07 Å². The van der Waals surface area contributed by atoms with Crippen LogP contribution in [0.2, 0.25) is 0 Å². The number of fused-ring (bicyclic) bond motifs is 1. The van der Waals surface area contributed by atoms with Crippen molar-refractivity contribution in [1.29, 1.82) is 0 Å². The van der Waals surface area contributed by atoms with Crippen molar-refractivity contribution >= 4 is 11.9 Å². The Bertz CT molecular complexity index is 431. The Morgan fingerprint density at radius 1 is 1.50 bits per heavy atom. The van der Waals surface area contributed by atoms with Crippen LogP contribution in [0.4, 0.5) is 0 Å². The Balaban J connectivity index is 2.90. The molecule has 59 valence electrons. The lowest BCUT2D eigenvalue weighted by molar-refractivity contribution is 0.561. The summed E-state index contributed by atoms with van der Waals surface area (Å²) in [5.41, 5.74) is 2.01. The molecule has 0 unspecified atom stereocenters. The van der Waals surface area contributed by atoms with Crippen molar-refractivity contribution in [3.8, 4) is 0 Å². The number of carbonyl (C=O) groups excluding carboxylic acids is 1. The second-order valence-electron chi connectivity index (χ2n) is 2.58. The summed E-state index contributed by atoms with van der Waals surface area (Å²) in [5.74, 6) is 0. The van der Waals surface area contributed by atoms with E-state index in [0.29, 0.717) is 5.69 Å². The summed E-state index contributed by atoms with van der Waals surface area (Å²) < 4.78 is 1.72. The number of pyridine rings is 1. The normalized spacial score (nSPS) is 10.4. The fourth-order valence-corrected chi connectivity index (χ4v) is 1.24. The Labute approximate surface area is 69.7 Å². The van der Waals surface area contributed by atoms with Crippen molar-refractivity contribution in [2.24, 2.45) is 0 Å². The molecule has 3 heteroatoms. The summed E-state index contributed by atoms with van der Waals surface area (Å²) >= 11 is 0. The molecule has 2 rings (SSSR count). The highest BCUT2D eigenvalue weighted by Crippen LogP contribution is 2.08. The third-order valence-electron chi connectivity index (χ3n) is 1.80. The van der Waals surface area contributed by atoms with Crippen LogP contribution in [0.15, 0.2) is 24.4 Å². The molecule has 0 bridgehead atoms. The van der Waals surface area contributed by atoms with Gasteiger partial charge in [0, 0.05) is 6.20 Å². The van der Waals surface area contributed by atoms with Crippen molar-refractivity contribution in [3.63, 3.8) is 0 Å². The summed E-state index contributed by atoms with van der Waals surface area (Å²) in [6.45, 7) is 1.80. The summed E-state index contributed by atoms with van der Waals surface area (Å²) in [7, 11) is 0. The Kier molecular flexibility index (Phi) is 1.43. The SMILES string of the molecule is Cc1nc2ccccn2c1[C]=O. The summed E-state index contributed by atoms with van der Waals surface area (Å²) in [6.07, 6.45) is 3.67. The van der Waals surface area contributed by atoms with Gasteiger partial charge in [-0.2, -0.15) is 0 Å². The average Bonchev–Trinajstić information content (AvgIpc) is 2.40. The van der Waals surface area contributed by atoms with Crippen LogP contribution >= 0.6 is 0 Å². The molecule has 2 heterocycles. The van der Waals surface area contributed by atoms with Gasteiger partial charge in [0.25, 0.3) is 6.29 Å². The molecule has 0 saturated carbocycles. The maximum absolute atomic E-state index is 10.5. The van der Waals surface area contributed by atoms with Crippen LogP contribution < -0.4 is 0 Å². The van der Waals surface area contributed by atoms with Gasteiger partial charge in [0.2, 0.25) is 0 Å². The molecule has 0 amide bonds. The van der Waals surface area contributed by atoms with Crippen LogP contribution in [0.5, 0.6) is 0 Å². The molecule has 1 radical (unpaired) electrons. The lowest BCUT2D eigenvalue weighted by Gasteiger charge is -1.91. The highest BCUT2D eigenvalue weighted by Gasteiger charge is 2.05. The molecule has 3 nitrogen and oxygen atoms in total. The second kappa shape index (κ2) is 2.44. The summed E-state index contributed by atoms with van der Waals surface area (Å²) in [4.78, 5) is 14.7. The van der Waals surface area contributed by atoms with E-state index in [0.717, 1.165) is 11.3 Å². The van der Waals surface area contributed by atoms with Crippen LogP contribution in [-0.2, 0) is 4.79 Å². The molecule has 0 spiro atoms. The van der Waals surface area contributed by atoms with Gasteiger partial charge in [-0.15, -0.1) is 0 Å². The first-order valence-corrected chi connectivity index (χ1v) is 3.65. The van der Waals surface area contributed by atoms with Gasteiger partial charge < -0.3 is 0 Å². The molecular weight excluding hydrogens is 152 g/mol. The number of rotatable bonds is 1. The van der Waals surface area contributed by atoms with Crippen LogP contribution in [0, 0.1) is 6.92 Å². The van der Waals surface area contributed by atoms with E-state index in [4.69, 9.17) is 0 Å². The average molecular weight is 159 g/mol. The summed E-state index contributed by atoms with van der Waals surface area (Å²) in [5, 5.41) is 0. The van der Waals surface area contributed by atoms with Crippen molar-refractivity contribution in [3.05, 3.63) is 35.8 Å². The zero-order chi connectivity index (χ0) is 8.55. The monoisotopic (exact) mass is 159 g/mol. The van der Waals surface area contributed by atoms with Gasteiger partial charge in [0.15, 0.2) is 0 Å². The molecule has 12 heavy (non-hydrogen) atoms. The third-order valence-corrected chi connectivity index (χ3v) is 1.80. The number of aryl methyl sites for hydroxylation is 1. The van der Waals surface area contributed by atoms with Crippen molar-refractivity contribution < 1.29 is 4.79 Å². The second-order valence-corrected chi connectivity index (χ2v) is 2.58. The molecule has 0 fully saturated rings. The largest absolute Gasteiger partial charge is 0.296 e. The minimum atomic E-state index is 0.505. The molecular formula is C9H7N2O. The Morgan fingerprint density at radius 3 is 3.08 bits per heavy atom. The minimum Gasteiger partial charge on any atom is -0.296 e.